The number of piperidine rings is 1. The molecule has 7 heteroatoms. The zero-order chi connectivity index (χ0) is 19.8. The quantitative estimate of drug-likeness (QED) is 0.332. The van der Waals surface area contributed by atoms with E-state index in [0.717, 1.165) is 58.1 Å². The van der Waals surface area contributed by atoms with Crippen LogP contribution in [-0.2, 0) is 6.54 Å². The van der Waals surface area contributed by atoms with Gasteiger partial charge in [0.05, 0.1) is 6.54 Å². The van der Waals surface area contributed by atoms with Gasteiger partial charge in [-0.3, -0.25) is 0 Å². The maximum atomic E-state index is 9.31. The molecule has 1 aromatic carbocycles. The number of rotatable bonds is 6. The van der Waals surface area contributed by atoms with Gasteiger partial charge in [0, 0.05) is 56.0 Å². The average Bonchev–Trinajstić information content (AvgIpc) is 2.77. The summed E-state index contributed by atoms with van der Waals surface area (Å²) in [5, 5.41) is 13.5. The molecule has 0 aromatic heterocycles. The highest BCUT2D eigenvalue weighted by Crippen LogP contribution is 2.24. The van der Waals surface area contributed by atoms with Crippen molar-refractivity contribution in [2.45, 2.75) is 44.9 Å². The summed E-state index contributed by atoms with van der Waals surface area (Å²) < 4.78 is 0. The van der Waals surface area contributed by atoms with E-state index in [-0.39, 0.29) is 24.0 Å². The van der Waals surface area contributed by atoms with Gasteiger partial charge < -0.3 is 20.2 Å². The Bertz CT molecular complexity index is 620. The third-order valence-corrected chi connectivity index (χ3v) is 7.19. The minimum atomic E-state index is 0. The minimum absolute atomic E-state index is 0. The van der Waals surface area contributed by atoms with Crippen molar-refractivity contribution in [1.82, 2.24) is 10.2 Å². The number of hydrogen-bond acceptors (Lipinski definition) is 4. The largest absolute Gasteiger partial charge is 0.396 e. The zero-order valence-corrected chi connectivity index (χ0v) is 21.0. The normalized spacial score (nSPS) is 21.1. The molecule has 29 heavy (non-hydrogen) atoms. The van der Waals surface area contributed by atoms with Crippen LogP contribution in [-0.4, -0.2) is 66.3 Å². The topological polar surface area (TPSA) is 51.1 Å². The summed E-state index contributed by atoms with van der Waals surface area (Å²) in [6, 6.07) is 8.87. The predicted octanol–water partition coefficient (Wildman–Crippen LogP) is 3.81. The summed E-state index contributed by atoms with van der Waals surface area (Å²) in [6.07, 6.45) is 3.39. The number of anilines is 1. The number of halogens is 1. The van der Waals surface area contributed by atoms with Crippen molar-refractivity contribution in [2.24, 2.45) is 10.9 Å². The minimum Gasteiger partial charge on any atom is -0.396 e. The van der Waals surface area contributed by atoms with E-state index in [9.17, 15) is 5.11 Å². The molecular formula is C22H37IN4OS. The maximum Gasteiger partial charge on any atom is 0.194 e. The van der Waals surface area contributed by atoms with Crippen molar-refractivity contribution < 1.29 is 5.11 Å². The Morgan fingerprint density at radius 2 is 1.90 bits per heavy atom. The second kappa shape index (κ2) is 12.9. The van der Waals surface area contributed by atoms with Crippen LogP contribution in [0.2, 0.25) is 0 Å². The molecule has 0 saturated carbocycles. The van der Waals surface area contributed by atoms with E-state index < -0.39 is 0 Å². The molecular weight excluding hydrogens is 495 g/mol. The molecule has 0 spiro atoms. The molecule has 1 aromatic rings. The second-order valence-corrected chi connectivity index (χ2v) is 9.20. The first-order valence-corrected chi connectivity index (χ1v) is 11.9. The summed E-state index contributed by atoms with van der Waals surface area (Å²) in [5.74, 6) is 2.72. The monoisotopic (exact) mass is 532 g/mol. The molecule has 1 atom stereocenters. The van der Waals surface area contributed by atoms with Gasteiger partial charge in [-0.15, -0.1) is 24.0 Å². The first-order chi connectivity index (χ1) is 13.7. The summed E-state index contributed by atoms with van der Waals surface area (Å²) in [7, 11) is 0. The zero-order valence-electron chi connectivity index (χ0n) is 17.8. The highest BCUT2D eigenvalue weighted by molar-refractivity contribution is 14.0. The van der Waals surface area contributed by atoms with Crippen molar-refractivity contribution in [1.29, 1.82) is 0 Å². The maximum absolute atomic E-state index is 9.31. The lowest BCUT2D eigenvalue weighted by Gasteiger charge is -2.34. The molecule has 2 saturated heterocycles. The number of benzene rings is 1. The molecule has 164 valence electrons. The molecule has 0 aliphatic carbocycles. The number of aliphatic hydroxyl groups is 1. The van der Waals surface area contributed by atoms with Gasteiger partial charge in [0.25, 0.3) is 0 Å². The molecule has 1 unspecified atom stereocenters. The van der Waals surface area contributed by atoms with Gasteiger partial charge >= 0.3 is 0 Å². The van der Waals surface area contributed by atoms with E-state index in [1.165, 1.54) is 23.4 Å². The van der Waals surface area contributed by atoms with Crippen LogP contribution < -0.4 is 10.2 Å². The molecule has 0 bridgehead atoms. The molecule has 0 amide bonds. The van der Waals surface area contributed by atoms with Crippen LogP contribution in [0.5, 0.6) is 0 Å². The summed E-state index contributed by atoms with van der Waals surface area (Å²) in [4.78, 5) is 9.77. The first-order valence-electron chi connectivity index (χ1n) is 10.8. The van der Waals surface area contributed by atoms with E-state index in [0.29, 0.717) is 17.8 Å². The third-order valence-electron chi connectivity index (χ3n) is 5.81. The van der Waals surface area contributed by atoms with Crippen molar-refractivity contribution in [3.05, 3.63) is 29.8 Å². The Morgan fingerprint density at radius 1 is 1.17 bits per heavy atom. The number of thioether (sulfide) groups is 1. The van der Waals surface area contributed by atoms with Crippen molar-refractivity contribution >= 4 is 47.4 Å². The van der Waals surface area contributed by atoms with Crippen LogP contribution >= 0.6 is 35.7 Å². The highest BCUT2D eigenvalue weighted by Gasteiger charge is 2.21. The molecule has 5 nitrogen and oxygen atoms in total. The second-order valence-electron chi connectivity index (χ2n) is 7.80. The molecule has 2 heterocycles. The van der Waals surface area contributed by atoms with Crippen LogP contribution in [0.3, 0.4) is 0 Å². The van der Waals surface area contributed by atoms with Crippen molar-refractivity contribution in [3.8, 4) is 0 Å². The fourth-order valence-corrected chi connectivity index (χ4v) is 5.12. The lowest BCUT2D eigenvalue weighted by atomic mass is 9.97. The van der Waals surface area contributed by atoms with Crippen LogP contribution in [0.15, 0.2) is 29.3 Å². The molecule has 0 radical (unpaired) electrons. The Hall–Kier alpha value is -0.670. The highest BCUT2D eigenvalue weighted by atomic mass is 127. The van der Waals surface area contributed by atoms with Crippen LogP contribution in [0, 0.1) is 5.92 Å². The molecule has 2 fully saturated rings. The molecule has 2 N–H and O–H groups in total. The van der Waals surface area contributed by atoms with Crippen molar-refractivity contribution in [2.75, 3.05) is 50.0 Å². The smallest absolute Gasteiger partial charge is 0.194 e. The number of aliphatic hydroxyl groups excluding tert-OH is 1. The average molecular weight is 533 g/mol. The summed E-state index contributed by atoms with van der Waals surface area (Å²) in [6.45, 7) is 10.6. The van der Waals surface area contributed by atoms with Crippen molar-refractivity contribution in [3.63, 3.8) is 0 Å². The Kier molecular flexibility index (Phi) is 10.9. The van der Waals surface area contributed by atoms with Gasteiger partial charge in [0.2, 0.25) is 0 Å². The predicted molar refractivity (Wildman–Crippen MR) is 137 cm³/mol. The number of nitrogens with zero attached hydrogens (tertiary/aromatic N) is 3. The van der Waals surface area contributed by atoms with Gasteiger partial charge in [-0.05, 0) is 49.8 Å². The molecule has 2 aliphatic rings. The van der Waals surface area contributed by atoms with Crippen LogP contribution in [0.4, 0.5) is 5.69 Å². The molecule has 2 aliphatic heterocycles. The van der Waals surface area contributed by atoms with Crippen LogP contribution in [0.1, 0.15) is 38.7 Å². The van der Waals surface area contributed by atoms with Crippen LogP contribution in [0.25, 0.3) is 0 Å². The van der Waals surface area contributed by atoms with E-state index in [4.69, 9.17) is 4.99 Å². The first kappa shape index (κ1) is 24.6. The fourth-order valence-electron chi connectivity index (χ4n) is 3.94. The summed E-state index contributed by atoms with van der Waals surface area (Å²) in [5.41, 5.74) is 2.54. The van der Waals surface area contributed by atoms with Gasteiger partial charge in [-0.25, -0.2) is 4.99 Å². The lowest BCUT2D eigenvalue weighted by Crippen LogP contribution is -2.48. The Labute approximate surface area is 197 Å². The van der Waals surface area contributed by atoms with Gasteiger partial charge in [-0.2, -0.15) is 11.8 Å². The number of aliphatic imine (C=N–C) groups is 1. The van der Waals surface area contributed by atoms with E-state index >= 15 is 0 Å². The van der Waals surface area contributed by atoms with Gasteiger partial charge in [0.1, 0.15) is 0 Å². The summed E-state index contributed by atoms with van der Waals surface area (Å²) >= 11 is 2.09. The fraction of sp³-hybridized carbons (Fsp3) is 0.682. The van der Waals surface area contributed by atoms with Gasteiger partial charge in [-0.1, -0.05) is 19.1 Å². The number of nitrogens with one attached hydrogen (secondary N) is 1. The van der Waals surface area contributed by atoms with E-state index in [1.54, 1.807) is 0 Å². The Balaban J connectivity index is 0.00000300. The lowest BCUT2D eigenvalue weighted by molar-refractivity contribution is 0.203. The number of guanidine groups is 1. The van der Waals surface area contributed by atoms with E-state index in [2.05, 4.69) is 65.0 Å². The molecule has 3 rings (SSSR count). The number of hydrogen-bond donors (Lipinski definition) is 2. The van der Waals surface area contributed by atoms with Gasteiger partial charge in [0.15, 0.2) is 5.96 Å². The SMILES string of the molecule is CCNC(=NCc1ccc(N2CCC(CO)CC2)cc1)N1CCSC(CC)C1.I. The van der Waals surface area contributed by atoms with E-state index in [1.807, 2.05) is 0 Å². The standard InChI is InChI=1S/C22H36N4OS.HI/c1-3-21-16-26(13-14-28-21)22(23-4-2)24-15-18-5-7-20(8-6-18)25-11-9-19(17-27)10-12-25;/h5-8,19,21,27H,3-4,9-17H2,1-2H3,(H,23,24);1H. The third kappa shape index (κ3) is 7.21. The Morgan fingerprint density at radius 3 is 2.52 bits per heavy atom.